The summed E-state index contributed by atoms with van der Waals surface area (Å²) < 4.78 is 5.73. The molecule has 1 aliphatic rings. The highest BCUT2D eigenvalue weighted by Gasteiger charge is 2.24. The molecule has 0 spiro atoms. The second kappa shape index (κ2) is 11.3. The lowest BCUT2D eigenvalue weighted by atomic mass is 9.93. The van der Waals surface area contributed by atoms with Crippen molar-refractivity contribution >= 4 is 41.3 Å². The number of piperidine rings is 1. The molecule has 8 heteroatoms. The minimum atomic E-state index is 0. The third-order valence-electron chi connectivity index (χ3n) is 5.12. The van der Waals surface area contributed by atoms with Crippen molar-refractivity contribution in [3.05, 3.63) is 40.2 Å². The van der Waals surface area contributed by atoms with Crippen LogP contribution in [-0.4, -0.2) is 42.5 Å². The minimum absolute atomic E-state index is 0. The first-order valence-corrected chi connectivity index (χ1v) is 11.0. The van der Waals surface area contributed by atoms with E-state index >= 15 is 0 Å². The molecule has 1 aliphatic heterocycles. The Labute approximate surface area is 195 Å². The van der Waals surface area contributed by atoms with Crippen LogP contribution in [0.15, 0.2) is 33.2 Å². The van der Waals surface area contributed by atoms with Gasteiger partial charge < -0.3 is 15.1 Å². The van der Waals surface area contributed by atoms with Gasteiger partial charge >= 0.3 is 0 Å². The topological polar surface area (TPSA) is 65.7 Å². The molecule has 29 heavy (non-hydrogen) atoms. The number of furan rings is 1. The van der Waals surface area contributed by atoms with Gasteiger partial charge in [0.25, 0.3) is 0 Å². The summed E-state index contributed by atoms with van der Waals surface area (Å²) in [7, 11) is 1.81. The summed E-state index contributed by atoms with van der Waals surface area (Å²) in [6.45, 7) is 10.2. The summed E-state index contributed by atoms with van der Waals surface area (Å²) in [4.78, 5) is 11.6. The molecule has 0 saturated carbocycles. The number of halogens is 1. The summed E-state index contributed by atoms with van der Waals surface area (Å²) in [5, 5.41) is 10.1. The fourth-order valence-electron chi connectivity index (χ4n) is 3.43. The van der Waals surface area contributed by atoms with E-state index in [1.807, 2.05) is 6.07 Å². The molecule has 2 aromatic heterocycles. The van der Waals surface area contributed by atoms with Crippen molar-refractivity contribution < 1.29 is 4.42 Å². The summed E-state index contributed by atoms with van der Waals surface area (Å²) in [5.74, 6) is 1.81. The molecule has 0 aromatic carbocycles. The van der Waals surface area contributed by atoms with Crippen molar-refractivity contribution in [3.63, 3.8) is 0 Å². The Balaban J connectivity index is 0.00000300. The van der Waals surface area contributed by atoms with Crippen LogP contribution in [0.25, 0.3) is 0 Å². The van der Waals surface area contributed by atoms with Crippen molar-refractivity contribution in [1.82, 2.24) is 20.5 Å². The van der Waals surface area contributed by atoms with Gasteiger partial charge in [0.2, 0.25) is 0 Å². The van der Waals surface area contributed by atoms with Crippen molar-refractivity contribution in [2.45, 2.75) is 58.0 Å². The zero-order valence-corrected chi connectivity index (χ0v) is 21.0. The average Bonchev–Trinajstić information content (AvgIpc) is 3.37. The van der Waals surface area contributed by atoms with Gasteiger partial charge in [-0.2, -0.15) is 0 Å². The number of likely N-dealkylation sites (tertiary alicyclic amines) is 1. The number of nitrogens with zero attached hydrogens (tertiary/aromatic N) is 3. The van der Waals surface area contributed by atoms with Crippen molar-refractivity contribution in [1.29, 1.82) is 0 Å². The first-order valence-electron chi connectivity index (χ1n) is 10.1. The molecular formula is C21H34IN5OS. The molecule has 2 aromatic rings. The quantitative estimate of drug-likeness (QED) is 0.326. The highest BCUT2D eigenvalue weighted by atomic mass is 127. The van der Waals surface area contributed by atoms with Crippen molar-refractivity contribution in [2.24, 2.45) is 4.99 Å². The predicted octanol–water partition coefficient (Wildman–Crippen LogP) is 4.54. The molecule has 2 N–H and O–H groups in total. The average molecular weight is 532 g/mol. The molecule has 1 fully saturated rings. The van der Waals surface area contributed by atoms with Crippen LogP contribution in [0.1, 0.15) is 62.5 Å². The maximum atomic E-state index is 5.73. The monoisotopic (exact) mass is 531 g/mol. The molecule has 0 radical (unpaired) electrons. The smallest absolute Gasteiger partial charge is 0.191 e. The van der Waals surface area contributed by atoms with Crippen LogP contribution in [-0.2, 0) is 12.0 Å². The molecular weight excluding hydrogens is 497 g/mol. The van der Waals surface area contributed by atoms with Gasteiger partial charge in [-0.05, 0) is 38.1 Å². The number of aromatic nitrogens is 1. The summed E-state index contributed by atoms with van der Waals surface area (Å²) in [6.07, 6.45) is 5.59. The minimum Gasteiger partial charge on any atom is -0.468 e. The van der Waals surface area contributed by atoms with Crippen LogP contribution < -0.4 is 10.6 Å². The van der Waals surface area contributed by atoms with E-state index in [1.54, 1.807) is 24.6 Å². The Bertz CT molecular complexity index is 747. The Morgan fingerprint density at radius 1 is 1.28 bits per heavy atom. The molecule has 162 valence electrons. The van der Waals surface area contributed by atoms with E-state index in [4.69, 9.17) is 9.40 Å². The first-order chi connectivity index (χ1) is 13.5. The van der Waals surface area contributed by atoms with E-state index in [0.717, 1.165) is 42.1 Å². The SMILES string of the molecule is CN=C(NCc1nc(C(C)(C)C)cs1)NCC(c1ccco1)N1CCCCC1.I. The van der Waals surface area contributed by atoms with Gasteiger partial charge in [0, 0.05) is 24.4 Å². The normalized spacial score (nSPS) is 16.9. The molecule has 3 heterocycles. The van der Waals surface area contributed by atoms with E-state index in [2.05, 4.69) is 52.7 Å². The standard InChI is InChI=1S/C21H33N5OS.HI/c1-21(2,3)18-15-28-19(25-18)14-24-20(22-4)23-13-16(17-9-8-12-27-17)26-10-6-5-7-11-26;/h8-9,12,15-16H,5-7,10-11,13-14H2,1-4H3,(H2,22,23,24);1H. The van der Waals surface area contributed by atoms with Crippen LogP contribution in [0.5, 0.6) is 0 Å². The maximum absolute atomic E-state index is 5.73. The number of hydrogen-bond donors (Lipinski definition) is 2. The van der Waals surface area contributed by atoms with Gasteiger partial charge in [-0.3, -0.25) is 9.89 Å². The van der Waals surface area contributed by atoms with Crippen molar-refractivity contribution in [3.8, 4) is 0 Å². The Morgan fingerprint density at radius 3 is 2.62 bits per heavy atom. The third-order valence-corrected chi connectivity index (χ3v) is 5.97. The third kappa shape index (κ3) is 6.96. The maximum Gasteiger partial charge on any atom is 0.191 e. The van der Waals surface area contributed by atoms with Crippen LogP contribution in [0.4, 0.5) is 0 Å². The van der Waals surface area contributed by atoms with Gasteiger partial charge in [0.1, 0.15) is 10.8 Å². The van der Waals surface area contributed by atoms with Crippen LogP contribution in [0.2, 0.25) is 0 Å². The molecule has 1 saturated heterocycles. The number of rotatable bonds is 6. The number of aliphatic imine (C=N–C) groups is 1. The van der Waals surface area contributed by atoms with E-state index in [0.29, 0.717) is 6.54 Å². The Hall–Kier alpha value is -1.13. The molecule has 1 atom stereocenters. The fraction of sp³-hybridized carbons (Fsp3) is 0.619. The lowest BCUT2D eigenvalue weighted by molar-refractivity contribution is 0.146. The molecule has 3 rings (SSSR count). The lowest BCUT2D eigenvalue weighted by Gasteiger charge is -2.33. The molecule has 0 amide bonds. The predicted molar refractivity (Wildman–Crippen MR) is 131 cm³/mol. The summed E-state index contributed by atoms with van der Waals surface area (Å²) in [6, 6.07) is 4.26. The van der Waals surface area contributed by atoms with Gasteiger partial charge in [-0.25, -0.2) is 4.98 Å². The van der Waals surface area contributed by atoms with E-state index in [-0.39, 0.29) is 35.4 Å². The number of nitrogens with one attached hydrogen (secondary N) is 2. The van der Waals surface area contributed by atoms with E-state index in [1.165, 1.54) is 19.3 Å². The molecule has 1 unspecified atom stereocenters. The van der Waals surface area contributed by atoms with Crippen molar-refractivity contribution in [2.75, 3.05) is 26.7 Å². The van der Waals surface area contributed by atoms with Gasteiger partial charge in [0.15, 0.2) is 5.96 Å². The van der Waals surface area contributed by atoms with Crippen LogP contribution in [0, 0.1) is 0 Å². The first kappa shape index (κ1) is 24.1. The molecule has 6 nitrogen and oxygen atoms in total. The van der Waals surface area contributed by atoms with Crippen LogP contribution >= 0.6 is 35.3 Å². The van der Waals surface area contributed by atoms with Gasteiger partial charge in [-0.1, -0.05) is 27.2 Å². The Kier molecular flexibility index (Phi) is 9.42. The second-order valence-electron chi connectivity index (χ2n) is 8.31. The Morgan fingerprint density at radius 2 is 2.03 bits per heavy atom. The zero-order chi connectivity index (χ0) is 20.0. The summed E-state index contributed by atoms with van der Waals surface area (Å²) >= 11 is 1.69. The number of guanidine groups is 1. The summed E-state index contributed by atoms with van der Waals surface area (Å²) in [5.41, 5.74) is 1.22. The van der Waals surface area contributed by atoms with E-state index < -0.39 is 0 Å². The highest BCUT2D eigenvalue weighted by Crippen LogP contribution is 2.25. The van der Waals surface area contributed by atoms with Crippen LogP contribution in [0.3, 0.4) is 0 Å². The fourth-order valence-corrected chi connectivity index (χ4v) is 4.39. The zero-order valence-electron chi connectivity index (χ0n) is 17.9. The molecule has 0 bridgehead atoms. The largest absolute Gasteiger partial charge is 0.468 e. The molecule has 0 aliphatic carbocycles. The second-order valence-corrected chi connectivity index (χ2v) is 9.25. The van der Waals surface area contributed by atoms with Gasteiger partial charge in [-0.15, -0.1) is 35.3 Å². The highest BCUT2D eigenvalue weighted by molar-refractivity contribution is 14.0. The lowest BCUT2D eigenvalue weighted by Crippen LogP contribution is -2.44. The number of hydrogen-bond acceptors (Lipinski definition) is 5. The van der Waals surface area contributed by atoms with E-state index in [9.17, 15) is 0 Å². The van der Waals surface area contributed by atoms with Gasteiger partial charge in [0.05, 0.1) is 24.5 Å². The number of thiazole rings is 1.